The maximum atomic E-state index is 14.9. The quantitative estimate of drug-likeness (QED) is 0.242. The summed E-state index contributed by atoms with van der Waals surface area (Å²) in [7, 11) is 0. The molecule has 4 rings (SSSR count). The predicted molar refractivity (Wildman–Crippen MR) is 131 cm³/mol. The molecule has 184 valence electrons. The second-order valence-electron chi connectivity index (χ2n) is 8.54. The van der Waals surface area contributed by atoms with Gasteiger partial charge in [0, 0.05) is 17.0 Å². The van der Waals surface area contributed by atoms with Gasteiger partial charge in [0.05, 0.1) is 19.8 Å². The van der Waals surface area contributed by atoms with E-state index in [1.807, 2.05) is 26.0 Å². The first-order valence-corrected chi connectivity index (χ1v) is 11.9. The topological polar surface area (TPSA) is 27.7 Å². The van der Waals surface area contributed by atoms with Crippen LogP contribution in [0.3, 0.4) is 0 Å². The normalized spacial score (nSPS) is 18.2. The van der Waals surface area contributed by atoms with Crippen molar-refractivity contribution in [1.29, 1.82) is 0 Å². The summed E-state index contributed by atoms with van der Waals surface area (Å²) in [4.78, 5) is 0. The molecule has 0 aromatic heterocycles. The highest BCUT2D eigenvalue weighted by molar-refractivity contribution is 5.71. The lowest BCUT2D eigenvalue weighted by molar-refractivity contribution is -0.198. The summed E-state index contributed by atoms with van der Waals surface area (Å²) in [5.41, 5.74) is 2.41. The van der Waals surface area contributed by atoms with Gasteiger partial charge in [-0.2, -0.15) is 4.39 Å². The van der Waals surface area contributed by atoms with Crippen LogP contribution in [-0.2, 0) is 9.47 Å². The molecule has 0 saturated carbocycles. The van der Waals surface area contributed by atoms with Gasteiger partial charge in [-0.05, 0) is 48.2 Å². The Balaban J connectivity index is 1.48. The summed E-state index contributed by atoms with van der Waals surface area (Å²) in [6.45, 7) is 5.22. The highest BCUT2D eigenvalue weighted by Crippen LogP contribution is 2.33. The zero-order chi connectivity index (χ0) is 24.8. The molecule has 0 aliphatic carbocycles. The zero-order valence-electron chi connectivity index (χ0n) is 19.9. The van der Waals surface area contributed by atoms with Gasteiger partial charge in [-0.15, -0.1) is 0 Å². The fourth-order valence-corrected chi connectivity index (χ4v) is 4.01. The van der Waals surface area contributed by atoms with E-state index < -0.39 is 23.7 Å². The number of hydrogen-bond donors (Lipinski definition) is 0. The third-order valence-corrected chi connectivity index (χ3v) is 5.97. The smallest absolute Gasteiger partial charge is 0.201 e. The third-order valence-electron chi connectivity index (χ3n) is 5.97. The molecule has 0 bridgehead atoms. The van der Waals surface area contributed by atoms with Crippen molar-refractivity contribution in [1.82, 2.24) is 0 Å². The maximum Gasteiger partial charge on any atom is 0.201 e. The van der Waals surface area contributed by atoms with E-state index in [4.69, 9.17) is 14.2 Å². The van der Waals surface area contributed by atoms with Crippen LogP contribution in [0.1, 0.15) is 38.5 Å². The van der Waals surface area contributed by atoms with E-state index in [0.717, 1.165) is 18.4 Å². The minimum absolute atomic E-state index is 0.0878. The van der Waals surface area contributed by atoms with E-state index in [1.165, 1.54) is 18.2 Å². The molecule has 1 fully saturated rings. The highest BCUT2D eigenvalue weighted by atomic mass is 19.2. The molecule has 6 heteroatoms. The number of benzene rings is 3. The number of allylic oxidation sites excluding steroid dienone is 1. The second-order valence-corrected chi connectivity index (χ2v) is 8.54. The molecule has 35 heavy (non-hydrogen) atoms. The molecule has 0 atom stereocenters. The van der Waals surface area contributed by atoms with Crippen LogP contribution in [0, 0.1) is 23.4 Å². The fourth-order valence-electron chi connectivity index (χ4n) is 4.01. The molecular formula is C29H29F3O3. The van der Waals surface area contributed by atoms with Crippen molar-refractivity contribution >= 4 is 0 Å². The third kappa shape index (κ3) is 5.77. The Labute approximate surface area is 204 Å². The predicted octanol–water partition coefficient (Wildman–Crippen LogP) is 7.85. The largest absolute Gasteiger partial charge is 0.490 e. The van der Waals surface area contributed by atoms with Crippen molar-refractivity contribution in [2.24, 2.45) is 5.92 Å². The summed E-state index contributed by atoms with van der Waals surface area (Å²) in [5, 5.41) is 0. The summed E-state index contributed by atoms with van der Waals surface area (Å²) >= 11 is 0. The van der Waals surface area contributed by atoms with E-state index in [2.05, 4.69) is 0 Å². The van der Waals surface area contributed by atoms with Gasteiger partial charge >= 0.3 is 0 Å². The average molecular weight is 483 g/mol. The zero-order valence-corrected chi connectivity index (χ0v) is 19.9. The van der Waals surface area contributed by atoms with Crippen LogP contribution in [0.2, 0.25) is 0 Å². The summed E-state index contributed by atoms with van der Waals surface area (Å²) in [6.07, 6.45) is 4.89. The van der Waals surface area contributed by atoms with Crippen molar-refractivity contribution in [2.45, 2.75) is 33.0 Å². The molecule has 1 aliphatic heterocycles. The molecule has 1 saturated heterocycles. The van der Waals surface area contributed by atoms with Crippen LogP contribution < -0.4 is 4.74 Å². The van der Waals surface area contributed by atoms with Gasteiger partial charge in [-0.3, -0.25) is 0 Å². The van der Waals surface area contributed by atoms with Gasteiger partial charge in [0.25, 0.3) is 0 Å². The summed E-state index contributed by atoms with van der Waals surface area (Å²) in [5.74, 6) is -2.29. The Morgan fingerprint density at radius 3 is 2.23 bits per heavy atom. The highest BCUT2D eigenvalue weighted by Gasteiger charge is 2.24. The van der Waals surface area contributed by atoms with Crippen molar-refractivity contribution in [3.8, 4) is 28.0 Å². The van der Waals surface area contributed by atoms with Crippen LogP contribution in [0.5, 0.6) is 5.75 Å². The van der Waals surface area contributed by atoms with Crippen LogP contribution >= 0.6 is 0 Å². The summed E-state index contributed by atoms with van der Waals surface area (Å²) < 4.78 is 60.7. The molecule has 1 aliphatic rings. The van der Waals surface area contributed by atoms with Gasteiger partial charge in [0.2, 0.25) is 5.82 Å². The molecule has 0 radical (unpaired) electrons. The summed E-state index contributed by atoms with van der Waals surface area (Å²) in [6, 6.07) is 14.7. The molecule has 0 N–H and O–H groups in total. The first-order valence-electron chi connectivity index (χ1n) is 11.9. The van der Waals surface area contributed by atoms with Gasteiger partial charge in [-0.1, -0.05) is 61.9 Å². The van der Waals surface area contributed by atoms with Crippen LogP contribution in [0.15, 0.2) is 66.7 Å². The first kappa shape index (κ1) is 25.0. The Morgan fingerprint density at radius 1 is 0.886 bits per heavy atom. The molecule has 0 amide bonds. The molecular weight excluding hydrogens is 453 g/mol. The van der Waals surface area contributed by atoms with Crippen molar-refractivity contribution < 1.29 is 27.4 Å². The lowest BCUT2D eigenvalue weighted by atomic mass is 9.98. The maximum absolute atomic E-state index is 14.9. The van der Waals surface area contributed by atoms with E-state index in [9.17, 15) is 13.2 Å². The minimum atomic E-state index is -0.996. The van der Waals surface area contributed by atoms with Crippen molar-refractivity contribution in [2.75, 3.05) is 19.8 Å². The molecule has 0 unspecified atom stereocenters. The first-order chi connectivity index (χ1) is 17.0. The number of halogens is 3. The average Bonchev–Trinajstić information content (AvgIpc) is 2.88. The number of unbranched alkanes of at least 4 members (excludes halogenated alkanes) is 1. The van der Waals surface area contributed by atoms with Crippen molar-refractivity contribution in [3.63, 3.8) is 0 Å². The van der Waals surface area contributed by atoms with Crippen LogP contribution in [-0.4, -0.2) is 19.8 Å². The van der Waals surface area contributed by atoms with Gasteiger partial charge in [0.15, 0.2) is 17.9 Å². The Kier molecular flexibility index (Phi) is 8.26. The van der Waals surface area contributed by atoms with Crippen LogP contribution in [0.4, 0.5) is 13.2 Å². The molecule has 0 spiro atoms. The number of hydrogen-bond acceptors (Lipinski definition) is 3. The molecule has 1 heterocycles. The molecule has 3 aromatic rings. The lowest BCUT2D eigenvalue weighted by Crippen LogP contribution is -2.26. The Bertz CT molecular complexity index is 1170. The number of rotatable bonds is 8. The Morgan fingerprint density at radius 2 is 1.57 bits per heavy atom. The monoisotopic (exact) mass is 482 g/mol. The minimum Gasteiger partial charge on any atom is -0.490 e. The van der Waals surface area contributed by atoms with E-state index >= 15 is 0 Å². The van der Waals surface area contributed by atoms with Gasteiger partial charge in [-0.25, -0.2) is 8.78 Å². The lowest BCUT2D eigenvalue weighted by Gasteiger charge is -2.28. The Hall–Kier alpha value is -3.09. The van der Waals surface area contributed by atoms with Crippen LogP contribution in [0.25, 0.3) is 22.3 Å². The van der Waals surface area contributed by atoms with E-state index in [-0.39, 0.29) is 17.2 Å². The SMILES string of the molecule is C/C=C/C1COC(c2ccc(-c3ccc(-c4ccc(OCCCC)c(F)c4F)cc3)cc2F)OC1. The molecule has 3 nitrogen and oxygen atoms in total. The molecule has 3 aromatic carbocycles. The van der Waals surface area contributed by atoms with Gasteiger partial charge < -0.3 is 14.2 Å². The fraction of sp³-hybridized carbons (Fsp3) is 0.310. The van der Waals surface area contributed by atoms with E-state index in [1.54, 1.807) is 36.4 Å². The van der Waals surface area contributed by atoms with Crippen molar-refractivity contribution in [3.05, 3.63) is 89.8 Å². The standard InChI is InChI=1S/C29H29F3O3/c1-3-5-15-33-26-14-13-23(27(31)28(26)32)21-9-7-20(8-10-21)22-11-12-24(25(30)16-22)29-34-17-19(6-4-2)18-35-29/h4,6-14,16,19,29H,3,5,15,17-18H2,1-2H3/b6-4+. The van der Waals surface area contributed by atoms with E-state index in [0.29, 0.717) is 36.5 Å². The second kappa shape index (κ2) is 11.6. The number of ether oxygens (including phenoxy) is 3. The van der Waals surface area contributed by atoms with Gasteiger partial charge in [0.1, 0.15) is 5.82 Å².